The third kappa shape index (κ3) is 3.40. The van der Waals surface area contributed by atoms with Gasteiger partial charge in [-0.25, -0.2) is 0 Å². The quantitative estimate of drug-likeness (QED) is 0.802. The lowest BCUT2D eigenvalue weighted by Crippen LogP contribution is -2.20. The summed E-state index contributed by atoms with van der Waals surface area (Å²) in [5.74, 6) is 0. The second-order valence-electron chi connectivity index (χ2n) is 4.71. The van der Waals surface area contributed by atoms with Crippen LogP contribution in [-0.4, -0.2) is 12.0 Å². The lowest BCUT2D eigenvalue weighted by Gasteiger charge is -2.21. The van der Waals surface area contributed by atoms with Crippen LogP contribution >= 0.6 is 0 Å². The van der Waals surface area contributed by atoms with Crippen molar-refractivity contribution in [2.24, 2.45) is 0 Å². The van der Waals surface area contributed by atoms with E-state index in [0.29, 0.717) is 6.04 Å². The summed E-state index contributed by atoms with van der Waals surface area (Å²) >= 11 is 0. The van der Waals surface area contributed by atoms with Crippen molar-refractivity contribution in [2.75, 3.05) is 7.05 Å². The van der Waals surface area contributed by atoms with Gasteiger partial charge in [0.15, 0.2) is 0 Å². The highest BCUT2D eigenvalue weighted by Gasteiger charge is 2.15. The van der Waals surface area contributed by atoms with E-state index in [0.717, 1.165) is 5.69 Å². The molecule has 0 fully saturated rings. The predicted octanol–water partition coefficient (Wildman–Crippen LogP) is 3.62. The van der Waals surface area contributed by atoms with Gasteiger partial charge >= 0.3 is 0 Å². The van der Waals surface area contributed by atoms with Crippen molar-refractivity contribution in [3.63, 3.8) is 0 Å². The Balaban J connectivity index is 2.16. The smallest absolute Gasteiger partial charge is 0.0708 e. The molecule has 0 spiro atoms. The average Bonchev–Trinajstić information content (AvgIpc) is 2.34. The summed E-state index contributed by atoms with van der Waals surface area (Å²) in [4.78, 5) is 4.48. The van der Waals surface area contributed by atoms with Gasteiger partial charge in [0, 0.05) is 6.20 Å². The van der Waals surface area contributed by atoms with E-state index < -0.39 is 0 Å². The fourth-order valence-electron chi connectivity index (χ4n) is 2.55. The minimum Gasteiger partial charge on any atom is -0.308 e. The molecule has 0 aromatic carbocycles. The van der Waals surface area contributed by atoms with Crippen molar-refractivity contribution < 1.29 is 0 Å². The number of allylic oxidation sites excluding steroid dienone is 1. The molecule has 1 aliphatic rings. The summed E-state index contributed by atoms with van der Waals surface area (Å²) in [5, 5.41) is 3.41. The fourth-order valence-corrected chi connectivity index (χ4v) is 2.55. The van der Waals surface area contributed by atoms with Crippen LogP contribution in [0.15, 0.2) is 36.0 Å². The van der Waals surface area contributed by atoms with Crippen LogP contribution in [-0.2, 0) is 0 Å². The molecular weight excluding hydrogens is 208 g/mol. The SMILES string of the molecule is CNC(/C1=C/CCCCCC1)c1ccccn1. The third-order valence-corrected chi connectivity index (χ3v) is 3.47. The maximum atomic E-state index is 4.48. The zero-order valence-corrected chi connectivity index (χ0v) is 10.7. The molecule has 1 unspecified atom stereocenters. The van der Waals surface area contributed by atoms with Crippen LogP contribution in [0.5, 0.6) is 0 Å². The Morgan fingerprint density at radius 2 is 2.06 bits per heavy atom. The molecule has 2 heteroatoms. The largest absolute Gasteiger partial charge is 0.308 e. The van der Waals surface area contributed by atoms with E-state index in [1.165, 1.54) is 44.1 Å². The zero-order valence-electron chi connectivity index (χ0n) is 10.7. The molecule has 17 heavy (non-hydrogen) atoms. The van der Waals surface area contributed by atoms with E-state index >= 15 is 0 Å². The van der Waals surface area contributed by atoms with Crippen LogP contribution in [0.1, 0.15) is 50.3 Å². The van der Waals surface area contributed by atoms with Crippen LogP contribution in [0.3, 0.4) is 0 Å². The summed E-state index contributed by atoms with van der Waals surface area (Å²) in [6.07, 6.45) is 12.1. The summed E-state index contributed by atoms with van der Waals surface area (Å²) in [5.41, 5.74) is 2.66. The summed E-state index contributed by atoms with van der Waals surface area (Å²) in [6.45, 7) is 0. The molecule has 0 bridgehead atoms. The number of aromatic nitrogens is 1. The van der Waals surface area contributed by atoms with Crippen LogP contribution in [0.2, 0.25) is 0 Å². The number of nitrogens with one attached hydrogen (secondary N) is 1. The van der Waals surface area contributed by atoms with Crippen LogP contribution in [0.4, 0.5) is 0 Å². The Bertz CT molecular complexity index is 356. The standard InChI is InChI=1S/C15H22N2/c1-16-15(14-11-7-8-12-17-14)13-9-5-3-2-4-6-10-13/h7-9,11-12,15-16H,2-6,10H2,1H3/b13-9+. The van der Waals surface area contributed by atoms with E-state index in [9.17, 15) is 0 Å². The normalized spacial score (nSPS) is 22.1. The van der Waals surface area contributed by atoms with Crippen molar-refractivity contribution in [3.8, 4) is 0 Å². The summed E-state index contributed by atoms with van der Waals surface area (Å²) in [7, 11) is 2.03. The number of hydrogen-bond acceptors (Lipinski definition) is 2. The second kappa shape index (κ2) is 6.55. The Morgan fingerprint density at radius 3 is 2.82 bits per heavy atom. The number of pyridine rings is 1. The van der Waals surface area contributed by atoms with Gasteiger partial charge in [-0.2, -0.15) is 0 Å². The Kier molecular flexibility index (Phi) is 4.75. The molecule has 1 aliphatic carbocycles. The molecule has 1 aromatic rings. The van der Waals surface area contributed by atoms with Gasteiger partial charge in [-0.15, -0.1) is 0 Å². The van der Waals surface area contributed by atoms with Gasteiger partial charge in [0.2, 0.25) is 0 Å². The first-order chi connectivity index (χ1) is 8.42. The predicted molar refractivity (Wildman–Crippen MR) is 71.8 cm³/mol. The highest BCUT2D eigenvalue weighted by Crippen LogP contribution is 2.27. The van der Waals surface area contributed by atoms with Crippen molar-refractivity contribution in [1.29, 1.82) is 0 Å². The first kappa shape index (κ1) is 12.3. The molecular formula is C15H22N2. The molecule has 0 amide bonds. The average molecular weight is 230 g/mol. The second-order valence-corrected chi connectivity index (χ2v) is 4.71. The molecule has 1 N–H and O–H groups in total. The summed E-state index contributed by atoms with van der Waals surface area (Å²) < 4.78 is 0. The number of likely N-dealkylation sites (N-methyl/N-ethyl adjacent to an activating group) is 1. The minimum absolute atomic E-state index is 0.300. The third-order valence-electron chi connectivity index (χ3n) is 3.47. The maximum absolute atomic E-state index is 4.48. The Hall–Kier alpha value is -1.15. The van der Waals surface area contributed by atoms with Crippen molar-refractivity contribution in [2.45, 2.75) is 44.6 Å². The molecule has 2 nitrogen and oxygen atoms in total. The topological polar surface area (TPSA) is 24.9 Å². The van der Waals surface area contributed by atoms with E-state index in [1.54, 1.807) is 0 Å². The van der Waals surface area contributed by atoms with E-state index in [1.807, 2.05) is 19.3 Å². The molecule has 1 atom stereocenters. The molecule has 92 valence electrons. The lowest BCUT2D eigenvalue weighted by atomic mass is 9.93. The Morgan fingerprint density at radius 1 is 1.18 bits per heavy atom. The number of hydrogen-bond donors (Lipinski definition) is 1. The van der Waals surface area contributed by atoms with E-state index in [2.05, 4.69) is 28.5 Å². The van der Waals surface area contributed by atoms with Crippen molar-refractivity contribution in [1.82, 2.24) is 10.3 Å². The molecule has 2 rings (SSSR count). The van der Waals surface area contributed by atoms with Gasteiger partial charge in [0.25, 0.3) is 0 Å². The van der Waals surface area contributed by atoms with E-state index in [4.69, 9.17) is 0 Å². The summed E-state index contributed by atoms with van der Waals surface area (Å²) in [6, 6.07) is 6.45. The highest BCUT2D eigenvalue weighted by atomic mass is 14.9. The lowest BCUT2D eigenvalue weighted by molar-refractivity contribution is 0.567. The molecule has 0 radical (unpaired) electrons. The van der Waals surface area contributed by atoms with E-state index in [-0.39, 0.29) is 0 Å². The van der Waals surface area contributed by atoms with Crippen molar-refractivity contribution >= 4 is 0 Å². The van der Waals surface area contributed by atoms with Gasteiger partial charge in [-0.1, -0.05) is 30.6 Å². The first-order valence-electron chi connectivity index (χ1n) is 6.69. The Labute approximate surface area is 104 Å². The minimum atomic E-state index is 0.300. The molecule has 1 heterocycles. The molecule has 0 aliphatic heterocycles. The van der Waals surface area contributed by atoms with Gasteiger partial charge in [-0.05, 0) is 44.9 Å². The van der Waals surface area contributed by atoms with Crippen LogP contribution in [0, 0.1) is 0 Å². The molecule has 0 saturated carbocycles. The zero-order chi connectivity index (χ0) is 11.9. The number of rotatable bonds is 3. The van der Waals surface area contributed by atoms with Gasteiger partial charge < -0.3 is 5.32 Å². The maximum Gasteiger partial charge on any atom is 0.0708 e. The fraction of sp³-hybridized carbons (Fsp3) is 0.533. The van der Waals surface area contributed by atoms with Crippen LogP contribution < -0.4 is 5.32 Å². The van der Waals surface area contributed by atoms with Crippen molar-refractivity contribution in [3.05, 3.63) is 41.7 Å². The van der Waals surface area contributed by atoms with Gasteiger partial charge in [-0.3, -0.25) is 4.98 Å². The van der Waals surface area contributed by atoms with Gasteiger partial charge in [0.05, 0.1) is 11.7 Å². The monoisotopic (exact) mass is 230 g/mol. The van der Waals surface area contributed by atoms with Crippen LogP contribution in [0.25, 0.3) is 0 Å². The highest BCUT2D eigenvalue weighted by molar-refractivity contribution is 5.22. The molecule has 1 aromatic heterocycles. The number of nitrogens with zero attached hydrogens (tertiary/aromatic N) is 1. The van der Waals surface area contributed by atoms with Gasteiger partial charge in [0.1, 0.15) is 0 Å². The first-order valence-corrected chi connectivity index (χ1v) is 6.69. The molecule has 0 saturated heterocycles.